The number of nitrogens with one attached hydrogen (secondary N) is 1. The topological polar surface area (TPSA) is 96.0 Å². The van der Waals surface area contributed by atoms with E-state index in [9.17, 15) is 18.0 Å². The molecule has 0 aliphatic rings. The standard InChI is InChI=1S/C30H37N3O5S/c1-22(2)31-30(35)28(19-24-10-7-6-8-11-24)33(20-25-12-9-13-26(18-25)38-5)29(34)21-32(4)39(36,37)27-16-14-23(3)15-17-27/h6-18,22,28H,19-21H2,1-5H3,(H,31,35)/t28-/m0/s1. The van der Waals surface area contributed by atoms with E-state index in [1.807, 2.05) is 63.2 Å². The minimum atomic E-state index is -3.93. The number of ether oxygens (including phenoxy) is 1. The summed E-state index contributed by atoms with van der Waals surface area (Å²) in [4.78, 5) is 28.9. The molecule has 0 heterocycles. The van der Waals surface area contributed by atoms with E-state index in [2.05, 4.69) is 5.32 Å². The lowest BCUT2D eigenvalue weighted by Crippen LogP contribution is -2.53. The average Bonchev–Trinajstić information content (AvgIpc) is 2.91. The first kappa shape index (κ1) is 29.9. The van der Waals surface area contributed by atoms with E-state index in [0.717, 1.165) is 21.0 Å². The smallest absolute Gasteiger partial charge is 0.243 e. The fourth-order valence-corrected chi connectivity index (χ4v) is 5.28. The van der Waals surface area contributed by atoms with Crippen LogP contribution in [0.5, 0.6) is 5.75 Å². The minimum Gasteiger partial charge on any atom is -0.497 e. The van der Waals surface area contributed by atoms with Crippen LogP contribution in [0.4, 0.5) is 0 Å². The molecule has 3 rings (SSSR count). The van der Waals surface area contributed by atoms with Crippen LogP contribution < -0.4 is 10.1 Å². The van der Waals surface area contributed by atoms with Crippen molar-refractivity contribution in [2.45, 2.75) is 50.7 Å². The number of likely N-dealkylation sites (N-methyl/N-ethyl adjacent to an activating group) is 1. The molecule has 0 saturated heterocycles. The molecule has 3 aromatic rings. The van der Waals surface area contributed by atoms with E-state index in [1.54, 1.807) is 31.4 Å². The first-order valence-electron chi connectivity index (χ1n) is 12.8. The van der Waals surface area contributed by atoms with Crippen molar-refractivity contribution in [2.75, 3.05) is 20.7 Å². The van der Waals surface area contributed by atoms with Crippen LogP contribution in [-0.4, -0.2) is 62.2 Å². The van der Waals surface area contributed by atoms with Gasteiger partial charge in [-0.05, 0) is 56.2 Å². The molecule has 39 heavy (non-hydrogen) atoms. The molecule has 0 radical (unpaired) electrons. The van der Waals surface area contributed by atoms with Gasteiger partial charge in [-0.15, -0.1) is 0 Å². The van der Waals surface area contributed by atoms with Crippen LogP contribution in [0, 0.1) is 6.92 Å². The largest absolute Gasteiger partial charge is 0.497 e. The fraction of sp³-hybridized carbons (Fsp3) is 0.333. The lowest BCUT2D eigenvalue weighted by molar-refractivity contribution is -0.141. The van der Waals surface area contributed by atoms with E-state index in [0.29, 0.717) is 5.75 Å². The van der Waals surface area contributed by atoms with Crippen LogP contribution in [0.1, 0.15) is 30.5 Å². The number of hydrogen-bond donors (Lipinski definition) is 1. The van der Waals surface area contributed by atoms with Crippen LogP contribution in [0.2, 0.25) is 0 Å². The van der Waals surface area contributed by atoms with Crippen molar-refractivity contribution >= 4 is 21.8 Å². The number of aryl methyl sites for hydroxylation is 1. The molecule has 0 saturated carbocycles. The third-order valence-electron chi connectivity index (χ3n) is 6.28. The van der Waals surface area contributed by atoms with Crippen molar-refractivity contribution in [3.05, 3.63) is 95.6 Å². The Kier molecular flexibility index (Phi) is 10.3. The van der Waals surface area contributed by atoms with Crippen LogP contribution in [-0.2, 0) is 32.6 Å². The minimum absolute atomic E-state index is 0.0947. The maximum Gasteiger partial charge on any atom is 0.243 e. The van der Waals surface area contributed by atoms with Crippen LogP contribution in [0.3, 0.4) is 0 Å². The van der Waals surface area contributed by atoms with Crippen LogP contribution in [0.25, 0.3) is 0 Å². The third kappa shape index (κ3) is 8.15. The molecule has 9 heteroatoms. The van der Waals surface area contributed by atoms with E-state index in [4.69, 9.17) is 4.74 Å². The molecule has 0 bridgehead atoms. The summed E-state index contributed by atoms with van der Waals surface area (Å²) in [5.41, 5.74) is 2.56. The predicted molar refractivity (Wildman–Crippen MR) is 152 cm³/mol. The zero-order valence-corrected chi connectivity index (χ0v) is 23.9. The number of carbonyl (C=O) groups is 2. The highest BCUT2D eigenvalue weighted by atomic mass is 32.2. The summed E-state index contributed by atoms with van der Waals surface area (Å²) in [7, 11) is -0.997. The van der Waals surface area contributed by atoms with Crippen molar-refractivity contribution in [2.24, 2.45) is 0 Å². The Hall–Kier alpha value is -3.69. The van der Waals surface area contributed by atoms with E-state index in [-0.39, 0.29) is 29.8 Å². The van der Waals surface area contributed by atoms with E-state index in [1.165, 1.54) is 24.1 Å². The summed E-state index contributed by atoms with van der Waals surface area (Å²) in [5, 5.41) is 2.93. The molecule has 2 amide bonds. The SMILES string of the molecule is COc1cccc(CN(C(=O)CN(C)S(=O)(=O)c2ccc(C)cc2)[C@@H](Cc2ccccc2)C(=O)NC(C)C)c1. The number of carbonyl (C=O) groups excluding carboxylic acids is 2. The van der Waals surface area contributed by atoms with Crippen molar-refractivity contribution in [1.82, 2.24) is 14.5 Å². The number of benzene rings is 3. The number of nitrogens with zero attached hydrogens (tertiary/aromatic N) is 2. The van der Waals surface area contributed by atoms with Gasteiger partial charge < -0.3 is 15.0 Å². The molecule has 3 aromatic carbocycles. The highest BCUT2D eigenvalue weighted by molar-refractivity contribution is 7.89. The van der Waals surface area contributed by atoms with Gasteiger partial charge in [0, 0.05) is 26.1 Å². The van der Waals surface area contributed by atoms with Gasteiger partial charge >= 0.3 is 0 Å². The first-order valence-corrected chi connectivity index (χ1v) is 14.2. The summed E-state index contributed by atoms with van der Waals surface area (Å²) in [6.45, 7) is 5.24. The Bertz CT molecular complexity index is 1360. The maximum atomic E-state index is 13.9. The molecule has 8 nitrogen and oxygen atoms in total. The quantitative estimate of drug-likeness (QED) is 0.370. The molecule has 208 valence electrons. The predicted octanol–water partition coefficient (Wildman–Crippen LogP) is 3.79. The molecular formula is C30H37N3O5S. The summed E-state index contributed by atoms with van der Waals surface area (Å²) < 4.78 is 32.9. The summed E-state index contributed by atoms with van der Waals surface area (Å²) in [6, 6.07) is 22.1. The molecule has 1 atom stereocenters. The molecule has 0 fully saturated rings. The average molecular weight is 552 g/mol. The Morgan fingerprint density at radius 3 is 2.18 bits per heavy atom. The van der Waals surface area contributed by atoms with Gasteiger partial charge in [-0.2, -0.15) is 4.31 Å². The Morgan fingerprint density at radius 2 is 1.56 bits per heavy atom. The molecule has 0 aliphatic carbocycles. The number of methoxy groups -OCH3 is 1. The highest BCUT2D eigenvalue weighted by Gasteiger charge is 2.33. The molecule has 0 spiro atoms. The first-order chi connectivity index (χ1) is 18.5. The zero-order valence-electron chi connectivity index (χ0n) is 23.1. The van der Waals surface area contributed by atoms with Gasteiger partial charge in [0.05, 0.1) is 18.6 Å². The Labute approximate surface area is 231 Å². The highest BCUT2D eigenvalue weighted by Crippen LogP contribution is 2.20. The van der Waals surface area contributed by atoms with E-state index < -0.39 is 28.5 Å². The number of sulfonamides is 1. The van der Waals surface area contributed by atoms with Gasteiger partial charge in [0.25, 0.3) is 0 Å². The summed E-state index contributed by atoms with van der Waals surface area (Å²) in [6.07, 6.45) is 0.267. The van der Waals surface area contributed by atoms with Gasteiger partial charge in [0.15, 0.2) is 0 Å². The summed E-state index contributed by atoms with van der Waals surface area (Å²) in [5.74, 6) is -0.185. The molecular weight excluding hydrogens is 514 g/mol. The van der Waals surface area contributed by atoms with Gasteiger partial charge in [0.1, 0.15) is 11.8 Å². The maximum absolute atomic E-state index is 13.9. The van der Waals surface area contributed by atoms with E-state index >= 15 is 0 Å². The van der Waals surface area contributed by atoms with Gasteiger partial charge in [-0.1, -0.05) is 60.2 Å². The summed E-state index contributed by atoms with van der Waals surface area (Å²) >= 11 is 0. The van der Waals surface area contributed by atoms with Crippen molar-refractivity contribution in [1.29, 1.82) is 0 Å². The second kappa shape index (κ2) is 13.4. The molecule has 0 unspecified atom stereocenters. The third-order valence-corrected chi connectivity index (χ3v) is 8.09. The number of rotatable bonds is 12. The van der Waals surface area contributed by atoms with Crippen molar-refractivity contribution in [3.8, 4) is 5.75 Å². The van der Waals surface area contributed by atoms with Gasteiger partial charge in [0.2, 0.25) is 21.8 Å². The van der Waals surface area contributed by atoms with Crippen molar-refractivity contribution < 1.29 is 22.7 Å². The second-order valence-electron chi connectivity index (χ2n) is 9.82. The lowest BCUT2D eigenvalue weighted by Gasteiger charge is -2.33. The molecule has 0 aromatic heterocycles. The monoisotopic (exact) mass is 551 g/mol. The zero-order chi connectivity index (χ0) is 28.6. The normalized spacial score (nSPS) is 12.3. The Balaban J connectivity index is 1.98. The van der Waals surface area contributed by atoms with Crippen LogP contribution >= 0.6 is 0 Å². The molecule has 1 N–H and O–H groups in total. The second-order valence-corrected chi connectivity index (χ2v) is 11.9. The molecule has 0 aliphatic heterocycles. The fourth-order valence-electron chi connectivity index (χ4n) is 4.16. The number of amides is 2. The van der Waals surface area contributed by atoms with Gasteiger partial charge in [-0.25, -0.2) is 8.42 Å². The lowest BCUT2D eigenvalue weighted by atomic mass is 10.0. The number of hydrogen-bond acceptors (Lipinski definition) is 5. The van der Waals surface area contributed by atoms with Crippen molar-refractivity contribution in [3.63, 3.8) is 0 Å². The Morgan fingerprint density at radius 1 is 0.923 bits per heavy atom. The van der Waals surface area contributed by atoms with Crippen LogP contribution in [0.15, 0.2) is 83.8 Å². The van der Waals surface area contributed by atoms with Gasteiger partial charge in [-0.3, -0.25) is 9.59 Å².